The fourth-order valence-corrected chi connectivity index (χ4v) is 2.92. The Hall–Kier alpha value is -1.67. The van der Waals surface area contributed by atoms with Crippen molar-refractivity contribution in [3.8, 4) is 0 Å². The third-order valence-electron chi connectivity index (χ3n) is 3.62. The van der Waals surface area contributed by atoms with Crippen LogP contribution in [0.4, 0.5) is 11.4 Å². The average Bonchev–Trinajstić information content (AvgIpc) is 2.45. The molecule has 0 bridgehead atoms. The molecular formula is C14H23N3O4S. The van der Waals surface area contributed by atoms with E-state index in [9.17, 15) is 18.5 Å². The second-order valence-electron chi connectivity index (χ2n) is 5.16. The van der Waals surface area contributed by atoms with Crippen molar-refractivity contribution in [2.75, 3.05) is 31.2 Å². The Morgan fingerprint density at radius 1 is 1.32 bits per heavy atom. The third kappa shape index (κ3) is 4.67. The molecule has 1 aromatic carbocycles. The van der Waals surface area contributed by atoms with Gasteiger partial charge in [-0.2, -0.15) is 0 Å². The number of likely N-dealkylation sites (N-methyl/N-ethyl adjacent to an activating group) is 1. The van der Waals surface area contributed by atoms with E-state index >= 15 is 0 Å². The molecule has 124 valence electrons. The molecule has 22 heavy (non-hydrogen) atoms. The second kappa shape index (κ2) is 7.55. The number of nitrogens with zero attached hydrogens (tertiary/aromatic N) is 2. The van der Waals surface area contributed by atoms with Gasteiger partial charge in [0.1, 0.15) is 5.69 Å². The number of rotatable bonds is 8. The molecule has 0 fully saturated rings. The molecule has 1 atom stereocenters. The van der Waals surface area contributed by atoms with Crippen molar-refractivity contribution in [1.29, 1.82) is 0 Å². The Kier molecular flexibility index (Phi) is 6.31. The molecule has 0 saturated carbocycles. The molecule has 0 radical (unpaired) electrons. The van der Waals surface area contributed by atoms with Crippen LogP contribution in [0.5, 0.6) is 0 Å². The van der Waals surface area contributed by atoms with Gasteiger partial charge in [0.05, 0.1) is 9.82 Å². The number of nitro benzene ring substituents is 1. The first kappa shape index (κ1) is 18.4. The molecule has 0 aliphatic heterocycles. The van der Waals surface area contributed by atoms with Crippen LogP contribution in [0.3, 0.4) is 0 Å². The van der Waals surface area contributed by atoms with E-state index in [0.29, 0.717) is 12.2 Å². The van der Waals surface area contributed by atoms with E-state index in [-0.39, 0.29) is 16.6 Å². The molecule has 8 heteroatoms. The van der Waals surface area contributed by atoms with Crippen LogP contribution in [0.25, 0.3) is 0 Å². The van der Waals surface area contributed by atoms with Gasteiger partial charge in [-0.25, -0.2) is 8.42 Å². The lowest BCUT2D eigenvalue weighted by molar-refractivity contribution is -0.384. The van der Waals surface area contributed by atoms with Crippen LogP contribution in [-0.4, -0.2) is 50.2 Å². The van der Waals surface area contributed by atoms with Gasteiger partial charge in [-0.15, -0.1) is 0 Å². The van der Waals surface area contributed by atoms with Crippen LogP contribution in [0, 0.1) is 10.1 Å². The highest BCUT2D eigenvalue weighted by Crippen LogP contribution is 2.27. The van der Waals surface area contributed by atoms with Gasteiger partial charge in [-0.3, -0.25) is 15.0 Å². The summed E-state index contributed by atoms with van der Waals surface area (Å²) in [4.78, 5) is 12.8. The lowest BCUT2D eigenvalue weighted by atomic mass is 10.2. The summed E-state index contributed by atoms with van der Waals surface area (Å²) in [6.45, 7) is 8.49. The minimum atomic E-state index is -3.47. The van der Waals surface area contributed by atoms with E-state index in [0.717, 1.165) is 25.4 Å². The highest BCUT2D eigenvalue weighted by molar-refractivity contribution is 7.90. The van der Waals surface area contributed by atoms with Crippen molar-refractivity contribution in [1.82, 2.24) is 4.90 Å². The van der Waals surface area contributed by atoms with Gasteiger partial charge in [-0.1, -0.05) is 13.8 Å². The van der Waals surface area contributed by atoms with E-state index in [1.54, 1.807) is 0 Å². The molecule has 0 aliphatic carbocycles. The summed E-state index contributed by atoms with van der Waals surface area (Å²) in [5.41, 5.74) is 0.103. The molecule has 0 saturated heterocycles. The average molecular weight is 329 g/mol. The zero-order valence-corrected chi connectivity index (χ0v) is 14.2. The Morgan fingerprint density at radius 3 is 2.36 bits per heavy atom. The van der Waals surface area contributed by atoms with Crippen molar-refractivity contribution < 1.29 is 13.3 Å². The predicted octanol–water partition coefficient (Wildman–Crippen LogP) is 2.14. The van der Waals surface area contributed by atoms with Crippen LogP contribution in [-0.2, 0) is 9.84 Å². The first-order valence-corrected chi connectivity index (χ1v) is 9.06. The number of nitro groups is 1. The lowest BCUT2D eigenvalue weighted by Gasteiger charge is -2.26. The quantitative estimate of drug-likeness (QED) is 0.580. The maximum atomic E-state index is 11.5. The minimum Gasteiger partial charge on any atom is -0.378 e. The van der Waals surface area contributed by atoms with Crippen LogP contribution >= 0.6 is 0 Å². The summed E-state index contributed by atoms with van der Waals surface area (Å²) in [6, 6.07) is 4.14. The molecule has 0 amide bonds. The number of hydrogen-bond donors (Lipinski definition) is 1. The molecule has 1 aromatic rings. The van der Waals surface area contributed by atoms with Crippen LogP contribution in [0.1, 0.15) is 20.8 Å². The summed E-state index contributed by atoms with van der Waals surface area (Å²) in [5, 5.41) is 14.2. The van der Waals surface area contributed by atoms with Crippen LogP contribution < -0.4 is 5.32 Å². The van der Waals surface area contributed by atoms with Crippen molar-refractivity contribution in [3.63, 3.8) is 0 Å². The van der Waals surface area contributed by atoms with Crippen LogP contribution in [0.15, 0.2) is 23.1 Å². The van der Waals surface area contributed by atoms with E-state index in [2.05, 4.69) is 24.1 Å². The topological polar surface area (TPSA) is 92.6 Å². The van der Waals surface area contributed by atoms with Crippen molar-refractivity contribution in [2.45, 2.75) is 31.7 Å². The third-order valence-corrected chi connectivity index (χ3v) is 4.73. The summed E-state index contributed by atoms with van der Waals surface area (Å²) in [7, 11) is -3.47. The summed E-state index contributed by atoms with van der Waals surface area (Å²) in [6.07, 6.45) is 1.03. The van der Waals surface area contributed by atoms with E-state index in [1.165, 1.54) is 12.1 Å². The van der Waals surface area contributed by atoms with Crippen molar-refractivity contribution in [2.24, 2.45) is 0 Å². The van der Waals surface area contributed by atoms with Gasteiger partial charge in [0.25, 0.3) is 5.69 Å². The first-order valence-electron chi connectivity index (χ1n) is 7.17. The largest absolute Gasteiger partial charge is 0.378 e. The van der Waals surface area contributed by atoms with Crippen molar-refractivity contribution in [3.05, 3.63) is 28.3 Å². The molecular weight excluding hydrogens is 306 g/mol. The van der Waals surface area contributed by atoms with E-state index in [1.807, 2.05) is 6.92 Å². The minimum absolute atomic E-state index is 0.0541. The van der Waals surface area contributed by atoms with Gasteiger partial charge in [0.2, 0.25) is 0 Å². The fourth-order valence-electron chi connectivity index (χ4n) is 2.28. The van der Waals surface area contributed by atoms with E-state index < -0.39 is 14.8 Å². The summed E-state index contributed by atoms with van der Waals surface area (Å²) < 4.78 is 23.0. The Morgan fingerprint density at radius 2 is 1.91 bits per heavy atom. The monoisotopic (exact) mass is 329 g/mol. The predicted molar refractivity (Wildman–Crippen MR) is 87.1 cm³/mol. The molecule has 0 aromatic heterocycles. The van der Waals surface area contributed by atoms with Crippen molar-refractivity contribution >= 4 is 21.2 Å². The molecule has 0 spiro atoms. The van der Waals surface area contributed by atoms with Gasteiger partial charge in [0.15, 0.2) is 9.84 Å². The fraction of sp³-hybridized carbons (Fsp3) is 0.571. The highest BCUT2D eigenvalue weighted by Gasteiger charge is 2.19. The van der Waals surface area contributed by atoms with Gasteiger partial charge in [0, 0.05) is 24.9 Å². The molecule has 7 nitrogen and oxygen atoms in total. The summed E-state index contributed by atoms with van der Waals surface area (Å²) >= 11 is 0. The Balaban J connectivity index is 2.98. The van der Waals surface area contributed by atoms with Gasteiger partial charge in [-0.05, 0) is 32.1 Å². The molecule has 1 rings (SSSR count). The second-order valence-corrected chi connectivity index (χ2v) is 7.18. The number of hydrogen-bond acceptors (Lipinski definition) is 6. The van der Waals surface area contributed by atoms with Gasteiger partial charge >= 0.3 is 0 Å². The molecule has 1 N–H and O–H groups in total. The molecule has 0 heterocycles. The summed E-state index contributed by atoms with van der Waals surface area (Å²) in [5.74, 6) is 0. The van der Waals surface area contributed by atoms with E-state index in [4.69, 9.17) is 0 Å². The maximum absolute atomic E-state index is 11.5. The standard InChI is InChI=1S/C14H23N3O4S/c1-5-16(6-2)11(3)10-15-13-8-7-12(22(4,20)21)9-14(13)17(18)19/h7-9,11,15H,5-6,10H2,1-4H3/t11-/m0/s1. The highest BCUT2D eigenvalue weighted by atomic mass is 32.2. The number of anilines is 1. The number of nitrogens with one attached hydrogen (secondary N) is 1. The Labute approximate surface area is 131 Å². The zero-order chi connectivity index (χ0) is 16.9. The smallest absolute Gasteiger partial charge is 0.293 e. The maximum Gasteiger partial charge on any atom is 0.293 e. The SMILES string of the molecule is CCN(CC)[C@@H](C)CNc1ccc(S(C)(=O)=O)cc1[N+](=O)[O-]. The Bertz CT molecular complexity index is 627. The number of benzene rings is 1. The lowest BCUT2D eigenvalue weighted by Crippen LogP contribution is -2.37. The zero-order valence-electron chi connectivity index (χ0n) is 13.4. The van der Waals surface area contributed by atoms with Crippen LogP contribution in [0.2, 0.25) is 0 Å². The molecule has 0 unspecified atom stereocenters. The first-order chi connectivity index (χ1) is 10.2. The van der Waals surface area contributed by atoms with Gasteiger partial charge < -0.3 is 5.32 Å². The number of sulfone groups is 1. The normalized spacial score (nSPS) is 13.1. The molecule has 0 aliphatic rings.